The van der Waals surface area contributed by atoms with E-state index in [-0.39, 0.29) is 0 Å². The van der Waals surface area contributed by atoms with E-state index in [2.05, 4.69) is 11.1 Å². The van der Waals surface area contributed by atoms with E-state index in [9.17, 15) is 0 Å². The van der Waals surface area contributed by atoms with E-state index in [0.717, 1.165) is 22.2 Å². The highest BCUT2D eigenvalue weighted by atomic mass is 16.5. The summed E-state index contributed by atoms with van der Waals surface area (Å²) >= 11 is 0. The second-order valence-electron chi connectivity index (χ2n) is 3.59. The van der Waals surface area contributed by atoms with Crippen LogP contribution in [0.2, 0.25) is 0 Å². The van der Waals surface area contributed by atoms with Crippen molar-refractivity contribution in [2.24, 2.45) is 0 Å². The maximum atomic E-state index is 5.63. The number of aryl methyl sites for hydroxylation is 1. The normalized spacial score (nSPS) is 10.6. The lowest BCUT2D eigenvalue weighted by Gasteiger charge is -2.09. The lowest BCUT2D eigenvalue weighted by molar-refractivity contribution is 0.147. The first kappa shape index (κ1) is 10.9. The summed E-state index contributed by atoms with van der Waals surface area (Å²) in [6, 6.07) is 8.12. The van der Waals surface area contributed by atoms with Gasteiger partial charge in [0.2, 0.25) is 0 Å². The van der Waals surface area contributed by atoms with E-state index >= 15 is 0 Å². The predicted molar refractivity (Wildman–Crippen MR) is 63.9 cm³/mol. The van der Waals surface area contributed by atoms with Gasteiger partial charge in [-0.25, -0.2) is 0 Å². The van der Waals surface area contributed by atoms with Crippen LogP contribution >= 0.6 is 0 Å². The van der Waals surface area contributed by atoms with Crippen LogP contribution in [0.3, 0.4) is 0 Å². The molecule has 1 aromatic heterocycles. The average molecular weight is 217 g/mol. The molecular weight excluding hydrogens is 202 g/mol. The highest BCUT2D eigenvalue weighted by Gasteiger charge is 2.04. The molecule has 0 N–H and O–H groups in total. The third-order valence-electron chi connectivity index (χ3n) is 2.50. The van der Waals surface area contributed by atoms with Gasteiger partial charge >= 0.3 is 0 Å². The molecule has 0 bridgehead atoms. The molecule has 0 spiro atoms. The smallest absolute Gasteiger partial charge is 0.145 e. The van der Waals surface area contributed by atoms with Crippen LogP contribution in [-0.4, -0.2) is 25.3 Å². The van der Waals surface area contributed by atoms with Crippen LogP contribution in [0.25, 0.3) is 10.8 Å². The van der Waals surface area contributed by atoms with Crippen molar-refractivity contribution < 1.29 is 9.47 Å². The molecule has 1 aromatic carbocycles. The molecular formula is C13H15NO2. The second kappa shape index (κ2) is 4.94. The lowest BCUT2D eigenvalue weighted by atomic mass is 10.1. The lowest BCUT2D eigenvalue weighted by Crippen LogP contribution is -2.05. The minimum absolute atomic E-state index is 0.547. The molecule has 0 aliphatic rings. The molecule has 0 saturated heterocycles. The first-order valence-electron chi connectivity index (χ1n) is 5.29. The van der Waals surface area contributed by atoms with Crippen LogP contribution in [0.15, 0.2) is 30.5 Å². The standard InChI is InChI=1S/C13H15NO2/c1-10-11-5-3-4-6-12(11)13(9-14-10)16-8-7-15-2/h3-6,9H,7-8H2,1-2H3. The van der Waals surface area contributed by atoms with Crippen molar-refractivity contribution >= 4 is 10.8 Å². The van der Waals surface area contributed by atoms with E-state index in [1.807, 2.05) is 25.1 Å². The number of hydrogen-bond acceptors (Lipinski definition) is 3. The van der Waals surface area contributed by atoms with E-state index in [1.54, 1.807) is 13.3 Å². The van der Waals surface area contributed by atoms with E-state index in [4.69, 9.17) is 9.47 Å². The number of hydrogen-bond donors (Lipinski definition) is 0. The minimum Gasteiger partial charge on any atom is -0.489 e. The molecule has 0 amide bonds. The van der Waals surface area contributed by atoms with Crippen LogP contribution in [0.4, 0.5) is 0 Å². The monoisotopic (exact) mass is 217 g/mol. The number of nitrogens with zero attached hydrogens (tertiary/aromatic N) is 1. The van der Waals surface area contributed by atoms with Gasteiger partial charge in [-0.05, 0) is 6.92 Å². The van der Waals surface area contributed by atoms with Crippen molar-refractivity contribution in [1.82, 2.24) is 4.98 Å². The van der Waals surface area contributed by atoms with Crippen LogP contribution < -0.4 is 4.74 Å². The van der Waals surface area contributed by atoms with Gasteiger partial charge in [0.25, 0.3) is 0 Å². The molecule has 0 aliphatic heterocycles. The van der Waals surface area contributed by atoms with E-state index in [1.165, 1.54) is 0 Å². The first-order chi connectivity index (χ1) is 7.83. The van der Waals surface area contributed by atoms with E-state index in [0.29, 0.717) is 13.2 Å². The van der Waals surface area contributed by atoms with Gasteiger partial charge in [0.15, 0.2) is 0 Å². The molecule has 3 heteroatoms. The summed E-state index contributed by atoms with van der Waals surface area (Å²) in [5, 5.41) is 2.24. The zero-order valence-corrected chi connectivity index (χ0v) is 9.56. The largest absolute Gasteiger partial charge is 0.489 e. The summed E-state index contributed by atoms with van der Waals surface area (Å²) in [6.45, 7) is 3.13. The van der Waals surface area contributed by atoms with Gasteiger partial charge < -0.3 is 9.47 Å². The van der Waals surface area contributed by atoms with Gasteiger partial charge in [-0.3, -0.25) is 4.98 Å². The fourth-order valence-electron chi connectivity index (χ4n) is 1.66. The van der Waals surface area contributed by atoms with E-state index < -0.39 is 0 Å². The molecule has 0 aliphatic carbocycles. The summed E-state index contributed by atoms with van der Waals surface area (Å²) in [5.41, 5.74) is 1.02. The maximum Gasteiger partial charge on any atom is 0.145 e. The Labute approximate surface area is 95.0 Å². The Morgan fingerprint density at radius 2 is 1.88 bits per heavy atom. The highest BCUT2D eigenvalue weighted by Crippen LogP contribution is 2.26. The highest BCUT2D eigenvalue weighted by molar-refractivity contribution is 5.89. The Morgan fingerprint density at radius 3 is 2.62 bits per heavy atom. The number of fused-ring (bicyclic) bond motifs is 1. The Hall–Kier alpha value is -1.61. The Bertz CT molecular complexity index is 482. The number of ether oxygens (including phenoxy) is 2. The Kier molecular flexibility index (Phi) is 3.37. The summed E-state index contributed by atoms with van der Waals surface area (Å²) in [4.78, 5) is 4.32. The molecule has 84 valence electrons. The predicted octanol–water partition coefficient (Wildman–Crippen LogP) is 2.57. The Balaban J connectivity index is 2.35. The third kappa shape index (κ3) is 2.14. The molecule has 16 heavy (non-hydrogen) atoms. The van der Waals surface area contributed by atoms with Crippen molar-refractivity contribution in [1.29, 1.82) is 0 Å². The van der Waals surface area contributed by atoms with Gasteiger partial charge in [0.1, 0.15) is 12.4 Å². The molecule has 0 atom stereocenters. The first-order valence-corrected chi connectivity index (χ1v) is 5.29. The Morgan fingerprint density at radius 1 is 1.12 bits per heavy atom. The number of methoxy groups -OCH3 is 1. The van der Waals surface area contributed by atoms with Crippen molar-refractivity contribution in [3.63, 3.8) is 0 Å². The third-order valence-corrected chi connectivity index (χ3v) is 2.50. The molecule has 0 saturated carbocycles. The van der Waals surface area contributed by atoms with Gasteiger partial charge in [-0.2, -0.15) is 0 Å². The van der Waals surface area contributed by atoms with Crippen LogP contribution in [-0.2, 0) is 4.74 Å². The van der Waals surface area contributed by atoms with Gasteiger partial charge in [-0.15, -0.1) is 0 Å². The average Bonchev–Trinajstić information content (AvgIpc) is 2.33. The van der Waals surface area contributed by atoms with Crippen LogP contribution in [0.1, 0.15) is 5.69 Å². The molecule has 0 fully saturated rings. The van der Waals surface area contributed by atoms with Crippen LogP contribution in [0.5, 0.6) is 5.75 Å². The van der Waals surface area contributed by atoms with Crippen molar-refractivity contribution in [2.45, 2.75) is 6.92 Å². The molecule has 2 aromatic rings. The number of aromatic nitrogens is 1. The SMILES string of the molecule is COCCOc1cnc(C)c2ccccc12. The van der Waals surface area contributed by atoms with Gasteiger partial charge in [0, 0.05) is 23.6 Å². The topological polar surface area (TPSA) is 31.4 Å². The maximum absolute atomic E-state index is 5.63. The van der Waals surface area contributed by atoms with Crippen LogP contribution in [0, 0.1) is 6.92 Å². The van der Waals surface area contributed by atoms with Gasteiger partial charge in [0.05, 0.1) is 12.8 Å². The van der Waals surface area contributed by atoms with Crippen molar-refractivity contribution in [3.05, 3.63) is 36.2 Å². The fourth-order valence-corrected chi connectivity index (χ4v) is 1.66. The molecule has 3 nitrogen and oxygen atoms in total. The molecule has 2 rings (SSSR count). The zero-order chi connectivity index (χ0) is 11.4. The van der Waals surface area contributed by atoms with Crippen molar-refractivity contribution in [2.75, 3.05) is 20.3 Å². The molecule has 0 radical (unpaired) electrons. The molecule has 1 heterocycles. The number of rotatable bonds is 4. The summed E-state index contributed by atoms with van der Waals surface area (Å²) in [5.74, 6) is 0.818. The summed E-state index contributed by atoms with van der Waals surface area (Å²) < 4.78 is 10.6. The van der Waals surface area contributed by atoms with Gasteiger partial charge in [-0.1, -0.05) is 24.3 Å². The minimum atomic E-state index is 0.547. The molecule has 0 unspecified atom stereocenters. The fraction of sp³-hybridized carbons (Fsp3) is 0.308. The van der Waals surface area contributed by atoms with Crippen molar-refractivity contribution in [3.8, 4) is 5.75 Å². The summed E-state index contributed by atoms with van der Waals surface area (Å²) in [6.07, 6.45) is 1.77. The summed E-state index contributed by atoms with van der Waals surface area (Å²) in [7, 11) is 1.66. The second-order valence-corrected chi connectivity index (χ2v) is 3.59. The number of benzene rings is 1. The number of pyridine rings is 1. The quantitative estimate of drug-likeness (QED) is 0.737. The zero-order valence-electron chi connectivity index (χ0n) is 9.56.